The first kappa shape index (κ1) is 79.7. The van der Waals surface area contributed by atoms with Crippen LogP contribution in [0, 0.1) is 0 Å². The number of carbonyl (C=O) groups is 3. The summed E-state index contributed by atoms with van der Waals surface area (Å²) in [5.41, 5.74) is 0. The van der Waals surface area contributed by atoms with E-state index in [-0.39, 0.29) is 25.9 Å². The van der Waals surface area contributed by atoms with Crippen LogP contribution < -0.4 is 0 Å². The third kappa shape index (κ3) is 62.2. The number of hydrogen-bond donors (Lipinski definition) is 2. The van der Waals surface area contributed by atoms with Gasteiger partial charge in [0.15, 0.2) is 6.10 Å². The molecular weight excluding hydrogens is 1050 g/mol. The van der Waals surface area contributed by atoms with E-state index in [2.05, 4.69) is 57.2 Å². The normalized spacial score (nSPS) is 13.4. The molecule has 0 saturated heterocycles. The van der Waals surface area contributed by atoms with Gasteiger partial charge < -0.3 is 24.2 Å². The van der Waals surface area contributed by atoms with Gasteiger partial charge in [0.2, 0.25) is 0 Å². The van der Waals surface area contributed by atoms with Crippen LogP contribution in [-0.2, 0) is 42.2 Å². The molecule has 0 aromatic carbocycles. The molecule has 2 N–H and O–H groups in total. The predicted octanol–water partition coefficient (Wildman–Crippen LogP) is 21.5. The summed E-state index contributed by atoms with van der Waals surface area (Å²) in [7, 11) is -4.75. The minimum atomic E-state index is -4.75. The van der Waals surface area contributed by atoms with Crippen LogP contribution in [0.3, 0.4) is 0 Å². The third-order valence-corrected chi connectivity index (χ3v) is 16.5. The zero-order valence-electron chi connectivity index (χ0n) is 53.7. The Morgan fingerprint density at radius 2 is 0.634 bits per heavy atom. The number of rotatable bonds is 66. The number of ether oxygens (including phenoxy) is 3. The van der Waals surface area contributed by atoms with Crippen LogP contribution in [0.4, 0.5) is 0 Å². The van der Waals surface area contributed by atoms with Crippen molar-refractivity contribution in [1.82, 2.24) is 0 Å². The summed E-state index contributed by atoms with van der Waals surface area (Å²) in [6, 6.07) is 0. The van der Waals surface area contributed by atoms with E-state index in [9.17, 15) is 28.9 Å². The quantitative estimate of drug-likeness (QED) is 0.0197. The van der Waals surface area contributed by atoms with Gasteiger partial charge in [0, 0.05) is 19.3 Å². The molecule has 0 rings (SSSR count). The fourth-order valence-corrected chi connectivity index (χ4v) is 11.1. The topological polar surface area (TPSA) is 155 Å². The molecule has 0 aliphatic heterocycles. The minimum Gasteiger partial charge on any atom is -0.462 e. The summed E-state index contributed by atoms with van der Waals surface area (Å²) in [6.07, 6.45) is 71.0. The number of aliphatic hydroxyl groups excluding tert-OH is 1. The van der Waals surface area contributed by atoms with Crippen LogP contribution in [0.1, 0.15) is 355 Å². The zero-order valence-corrected chi connectivity index (χ0v) is 54.6. The van der Waals surface area contributed by atoms with E-state index in [1.807, 2.05) is 0 Å². The number of unbranched alkanes of at least 4 members (excludes halogenated alkanes) is 43. The van der Waals surface area contributed by atoms with Crippen LogP contribution in [0.25, 0.3) is 0 Å². The van der Waals surface area contributed by atoms with Crippen LogP contribution in [0.15, 0.2) is 36.5 Å². The molecule has 12 heteroatoms. The van der Waals surface area contributed by atoms with Crippen molar-refractivity contribution in [1.29, 1.82) is 0 Å². The summed E-state index contributed by atoms with van der Waals surface area (Å²) < 4.78 is 39.8. The Kier molecular flexibility index (Phi) is 62.9. The molecule has 0 bridgehead atoms. The highest BCUT2D eigenvalue weighted by molar-refractivity contribution is 7.47. The van der Waals surface area contributed by atoms with Crippen molar-refractivity contribution in [2.45, 2.75) is 367 Å². The van der Waals surface area contributed by atoms with Gasteiger partial charge in [-0.25, -0.2) is 4.57 Å². The molecular formula is C70H131O11P. The van der Waals surface area contributed by atoms with E-state index in [0.29, 0.717) is 19.3 Å². The summed E-state index contributed by atoms with van der Waals surface area (Å²) in [5, 5.41) is 9.87. The Hall–Kier alpha value is -2.30. The molecule has 0 aromatic heterocycles. The average Bonchev–Trinajstić information content (AvgIpc) is 3.49. The molecule has 482 valence electrons. The second-order valence-electron chi connectivity index (χ2n) is 23.7. The Bertz CT molecular complexity index is 1520. The molecule has 0 aliphatic rings. The second kappa shape index (κ2) is 64.7. The van der Waals surface area contributed by atoms with Crippen LogP contribution in [-0.4, -0.2) is 66.5 Å². The van der Waals surface area contributed by atoms with E-state index in [4.69, 9.17) is 23.3 Å². The zero-order chi connectivity index (χ0) is 59.8. The average molecular weight is 1180 g/mol. The number of allylic oxidation sites excluding steroid dienone is 6. The van der Waals surface area contributed by atoms with E-state index >= 15 is 0 Å². The van der Waals surface area contributed by atoms with Gasteiger partial charge in [0.05, 0.1) is 19.8 Å². The fraction of sp³-hybridized carbons (Fsp3) is 0.871. The van der Waals surface area contributed by atoms with Gasteiger partial charge in [-0.1, -0.05) is 320 Å². The molecule has 0 aromatic rings. The Labute approximate surface area is 505 Å². The van der Waals surface area contributed by atoms with Crippen molar-refractivity contribution in [3.63, 3.8) is 0 Å². The number of phosphoric acid groups is 1. The molecule has 0 spiro atoms. The monoisotopic (exact) mass is 1180 g/mol. The Balaban J connectivity index is 4.63. The van der Waals surface area contributed by atoms with Gasteiger partial charge in [0.25, 0.3) is 0 Å². The molecule has 82 heavy (non-hydrogen) atoms. The van der Waals surface area contributed by atoms with Gasteiger partial charge in [-0.3, -0.25) is 23.4 Å². The lowest BCUT2D eigenvalue weighted by Gasteiger charge is -2.21. The highest BCUT2D eigenvalue weighted by atomic mass is 31.2. The van der Waals surface area contributed by atoms with E-state index in [1.54, 1.807) is 0 Å². The number of carbonyl (C=O) groups excluding carboxylic acids is 3. The predicted molar refractivity (Wildman–Crippen MR) is 344 cm³/mol. The van der Waals surface area contributed by atoms with Gasteiger partial charge in [-0.2, -0.15) is 0 Å². The molecule has 0 radical (unpaired) electrons. The fourth-order valence-electron chi connectivity index (χ4n) is 10.3. The summed E-state index contributed by atoms with van der Waals surface area (Å²) in [5.74, 6) is -1.44. The summed E-state index contributed by atoms with van der Waals surface area (Å²) >= 11 is 0. The molecule has 0 saturated carbocycles. The van der Waals surface area contributed by atoms with Crippen LogP contribution in [0.2, 0.25) is 0 Å². The summed E-state index contributed by atoms with van der Waals surface area (Å²) in [6.45, 7) is 4.63. The number of esters is 3. The lowest BCUT2D eigenvalue weighted by atomic mass is 10.0. The maximum atomic E-state index is 13.0. The molecule has 0 amide bonds. The van der Waals surface area contributed by atoms with Gasteiger partial charge >= 0.3 is 25.7 Å². The molecule has 11 nitrogen and oxygen atoms in total. The largest absolute Gasteiger partial charge is 0.472 e. The van der Waals surface area contributed by atoms with Crippen molar-refractivity contribution >= 4 is 25.7 Å². The van der Waals surface area contributed by atoms with Gasteiger partial charge in [-0.05, 0) is 51.4 Å². The van der Waals surface area contributed by atoms with Crippen molar-refractivity contribution in [3.8, 4) is 0 Å². The Morgan fingerprint density at radius 3 is 0.976 bits per heavy atom. The first-order valence-electron chi connectivity index (χ1n) is 34.9. The molecule has 3 unspecified atom stereocenters. The minimum absolute atomic E-state index is 0.169. The second-order valence-corrected chi connectivity index (χ2v) is 25.1. The van der Waals surface area contributed by atoms with E-state index in [0.717, 1.165) is 89.9 Å². The number of hydrogen-bond acceptors (Lipinski definition) is 10. The third-order valence-electron chi connectivity index (χ3n) is 15.6. The lowest BCUT2D eigenvalue weighted by molar-refractivity contribution is -0.161. The van der Waals surface area contributed by atoms with Crippen LogP contribution >= 0.6 is 7.82 Å². The maximum absolute atomic E-state index is 13.0. The molecule has 3 atom stereocenters. The SMILES string of the molecule is CC/C=C\C/C=C\C/C=C\CCCCCCCCCC(=O)OC(CO)COP(=O)(O)OCC(COC(=O)CCCCCCCCCCCCCCCCCCCCC)OC(=O)CCCCCCCCCCCCCCCCCCCCC. The highest BCUT2D eigenvalue weighted by Gasteiger charge is 2.28. The number of aliphatic hydroxyl groups is 1. The van der Waals surface area contributed by atoms with E-state index < -0.39 is 57.8 Å². The number of phosphoric ester groups is 1. The van der Waals surface area contributed by atoms with Gasteiger partial charge in [-0.15, -0.1) is 0 Å². The molecule has 0 heterocycles. The van der Waals surface area contributed by atoms with Crippen molar-refractivity contribution < 1.29 is 52.2 Å². The van der Waals surface area contributed by atoms with Crippen LogP contribution in [0.5, 0.6) is 0 Å². The van der Waals surface area contributed by atoms with Crippen molar-refractivity contribution in [2.24, 2.45) is 0 Å². The summed E-state index contributed by atoms with van der Waals surface area (Å²) in [4.78, 5) is 48.9. The molecule has 0 fully saturated rings. The van der Waals surface area contributed by atoms with E-state index in [1.165, 1.54) is 205 Å². The molecule has 0 aliphatic carbocycles. The first-order valence-corrected chi connectivity index (χ1v) is 36.4. The van der Waals surface area contributed by atoms with Gasteiger partial charge in [0.1, 0.15) is 12.7 Å². The lowest BCUT2D eigenvalue weighted by Crippen LogP contribution is -2.30. The van der Waals surface area contributed by atoms with Crippen molar-refractivity contribution in [2.75, 3.05) is 26.4 Å². The maximum Gasteiger partial charge on any atom is 0.472 e. The first-order chi connectivity index (χ1) is 40.2. The standard InChI is InChI=1S/C70H131O11P/c1-4-7-10-13-16-19-22-25-28-31-33-36-38-41-44-47-50-53-56-59-68(72)77-63-67(81-70(74)61-58-55-52-49-46-43-40-37-34-32-29-26-23-20-17-14-11-8-5-2)65-79-82(75,76)78-64-66(62-71)80-69(73)60-57-54-51-48-45-42-39-35-30-27-24-21-18-15-12-9-6-3/h9,12,18,21,27,30,66-67,71H,4-8,10-11,13-17,19-20,22-26,28-29,31-65H2,1-3H3,(H,75,76)/b12-9-,21-18-,30-27-. The Morgan fingerprint density at radius 1 is 0.354 bits per heavy atom. The van der Waals surface area contributed by atoms with Crippen molar-refractivity contribution in [3.05, 3.63) is 36.5 Å². The highest BCUT2D eigenvalue weighted by Crippen LogP contribution is 2.43. The smallest absolute Gasteiger partial charge is 0.462 e.